The SMILES string of the molecule is COCCNc1ncnc(NN(C)C)c1[N+](=O)[O-]. The summed E-state index contributed by atoms with van der Waals surface area (Å²) in [7, 11) is 4.98. The molecule has 0 aliphatic rings. The van der Waals surface area contributed by atoms with Gasteiger partial charge in [0, 0.05) is 27.7 Å². The van der Waals surface area contributed by atoms with Crippen LogP contribution < -0.4 is 10.7 Å². The number of anilines is 2. The highest BCUT2D eigenvalue weighted by Crippen LogP contribution is 2.28. The fraction of sp³-hybridized carbons (Fsp3) is 0.556. The average molecular weight is 256 g/mol. The topological polar surface area (TPSA) is 105 Å². The Balaban J connectivity index is 2.98. The third-order valence-corrected chi connectivity index (χ3v) is 1.93. The van der Waals surface area contributed by atoms with E-state index >= 15 is 0 Å². The molecule has 0 radical (unpaired) electrons. The Morgan fingerprint density at radius 1 is 1.44 bits per heavy atom. The van der Waals surface area contributed by atoms with Crippen LogP contribution in [0.1, 0.15) is 0 Å². The highest BCUT2D eigenvalue weighted by molar-refractivity contribution is 5.68. The van der Waals surface area contributed by atoms with Gasteiger partial charge in [0.15, 0.2) is 0 Å². The van der Waals surface area contributed by atoms with E-state index < -0.39 is 4.92 Å². The van der Waals surface area contributed by atoms with E-state index in [1.54, 1.807) is 26.2 Å². The van der Waals surface area contributed by atoms with Gasteiger partial charge in [0.1, 0.15) is 6.33 Å². The van der Waals surface area contributed by atoms with Gasteiger partial charge in [-0.05, 0) is 0 Å². The van der Waals surface area contributed by atoms with Crippen molar-refractivity contribution in [2.24, 2.45) is 0 Å². The van der Waals surface area contributed by atoms with Gasteiger partial charge in [-0.2, -0.15) is 0 Å². The fourth-order valence-electron chi connectivity index (χ4n) is 1.25. The monoisotopic (exact) mass is 256 g/mol. The summed E-state index contributed by atoms with van der Waals surface area (Å²) in [5, 5.41) is 15.4. The van der Waals surface area contributed by atoms with Crippen LogP contribution >= 0.6 is 0 Å². The normalized spacial score (nSPS) is 10.4. The summed E-state index contributed by atoms with van der Waals surface area (Å²) in [6.45, 7) is 0.855. The van der Waals surface area contributed by atoms with Crippen LogP contribution in [0.5, 0.6) is 0 Å². The predicted octanol–water partition coefficient (Wildman–Crippen LogP) is 0.332. The highest BCUT2D eigenvalue weighted by atomic mass is 16.6. The smallest absolute Gasteiger partial charge is 0.354 e. The van der Waals surface area contributed by atoms with Crippen molar-refractivity contribution in [2.45, 2.75) is 0 Å². The molecule has 0 spiro atoms. The molecule has 1 aromatic heterocycles. The van der Waals surface area contributed by atoms with Crippen LogP contribution in [0.25, 0.3) is 0 Å². The first-order chi connectivity index (χ1) is 8.56. The maximum atomic E-state index is 11.1. The average Bonchev–Trinajstić information content (AvgIpc) is 2.28. The molecule has 18 heavy (non-hydrogen) atoms. The first-order valence-electron chi connectivity index (χ1n) is 5.22. The van der Waals surface area contributed by atoms with Gasteiger partial charge in [-0.15, -0.1) is 0 Å². The Bertz CT molecular complexity index is 411. The van der Waals surface area contributed by atoms with E-state index in [0.29, 0.717) is 13.2 Å². The molecular formula is C9H16N6O3. The van der Waals surface area contributed by atoms with Crippen LogP contribution in [0.2, 0.25) is 0 Å². The van der Waals surface area contributed by atoms with E-state index in [0.717, 1.165) is 0 Å². The second-order valence-electron chi connectivity index (χ2n) is 3.60. The Kier molecular flexibility index (Phi) is 5.21. The van der Waals surface area contributed by atoms with Crippen molar-refractivity contribution in [1.82, 2.24) is 15.0 Å². The van der Waals surface area contributed by atoms with Gasteiger partial charge < -0.3 is 10.1 Å². The van der Waals surface area contributed by atoms with Gasteiger partial charge in [-0.1, -0.05) is 0 Å². The van der Waals surface area contributed by atoms with E-state index in [4.69, 9.17) is 4.74 Å². The summed E-state index contributed by atoms with van der Waals surface area (Å²) in [5.74, 6) is 0.302. The van der Waals surface area contributed by atoms with Crippen molar-refractivity contribution in [3.63, 3.8) is 0 Å². The molecule has 0 aliphatic heterocycles. The molecule has 100 valence electrons. The van der Waals surface area contributed by atoms with Gasteiger partial charge in [0.25, 0.3) is 0 Å². The number of nitro groups is 1. The molecule has 1 heterocycles. The van der Waals surface area contributed by atoms with Crippen molar-refractivity contribution in [2.75, 3.05) is 45.1 Å². The molecule has 0 aromatic carbocycles. The first kappa shape index (κ1) is 14.1. The molecule has 0 saturated carbocycles. The molecule has 1 rings (SSSR count). The van der Waals surface area contributed by atoms with Gasteiger partial charge in [-0.3, -0.25) is 15.5 Å². The van der Waals surface area contributed by atoms with E-state index in [-0.39, 0.29) is 17.3 Å². The Hall–Kier alpha value is -2.00. The molecule has 9 nitrogen and oxygen atoms in total. The number of rotatable bonds is 7. The zero-order chi connectivity index (χ0) is 13.5. The van der Waals surface area contributed by atoms with Crippen LogP contribution in [0, 0.1) is 10.1 Å². The van der Waals surface area contributed by atoms with Gasteiger partial charge in [0.05, 0.1) is 11.5 Å². The lowest BCUT2D eigenvalue weighted by molar-refractivity contribution is -0.383. The van der Waals surface area contributed by atoms with E-state index in [2.05, 4.69) is 20.7 Å². The maximum absolute atomic E-state index is 11.1. The zero-order valence-corrected chi connectivity index (χ0v) is 10.5. The summed E-state index contributed by atoms with van der Waals surface area (Å²) >= 11 is 0. The highest BCUT2D eigenvalue weighted by Gasteiger charge is 2.22. The third-order valence-electron chi connectivity index (χ3n) is 1.93. The first-order valence-corrected chi connectivity index (χ1v) is 5.22. The summed E-state index contributed by atoms with van der Waals surface area (Å²) in [5.41, 5.74) is 2.56. The van der Waals surface area contributed by atoms with Crippen LogP contribution in [-0.2, 0) is 4.74 Å². The molecule has 0 unspecified atom stereocenters. The lowest BCUT2D eigenvalue weighted by Gasteiger charge is -2.13. The van der Waals surface area contributed by atoms with Crippen LogP contribution in [-0.4, -0.2) is 54.3 Å². The number of hydrazine groups is 1. The number of hydrogen-bond acceptors (Lipinski definition) is 8. The third kappa shape index (κ3) is 3.79. The van der Waals surface area contributed by atoms with Crippen LogP contribution in [0.3, 0.4) is 0 Å². The number of ether oxygens (including phenoxy) is 1. The summed E-state index contributed by atoms with van der Waals surface area (Å²) in [6.07, 6.45) is 1.26. The fourth-order valence-corrected chi connectivity index (χ4v) is 1.25. The Morgan fingerprint density at radius 2 is 2.11 bits per heavy atom. The molecule has 0 fully saturated rings. The predicted molar refractivity (Wildman–Crippen MR) is 66.4 cm³/mol. The molecule has 0 aliphatic carbocycles. The molecule has 0 atom stereocenters. The molecular weight excluding hydrogens is 240 g/mol. The second-order valence-corrected chi connectivity index (χ2v) is 3.60. The summed E-state index contributed by atoms with van der Waals surface area (Å²) in [4.78, 5) is 18.2. The standard InChI is InChI=1S/C9H16N6O3/c1-14(2)13-9-7(15(16)17)8(11-6-12-9)10-4-5-18-3/h6H,4-5H2,1-3H3,(H2,10,11,12,13). The quantitative estimate of drug-likeness (QED) is 0.408. The number of hydrogen-bond donors (Lipinski definition) is 2. The second kappa shape index (κ2) is 6.67. The van der Waals surface area contributed by atoms with Crippen molar-refractivity contribution in [3.8, 4) is 0 Å². The molecule has 2 N–H and O–H groups in total. The molecule has 9 heteroatoms. The van der Waals surface area contributed by atoms with Gasteiger partial charge in [-0.25, -0.2) is 15.0 Å². The van der Waals surface area contributed by atoms with Crippen molar-refractivity contribution >= 4 is 17.3 Å². The minimum Gasteiger partial charge on any atom is -0.383 e. The van der Waals surface area contributed by atoms with Crippen LogP contribution in [0.15, 0.2) is 6.33 Å². The summed E-state index contributed by atoms with van der Waals surface area (Å²) in [6, 6.07) is 0. The summed E-state index contributed by atoms with van der Waals surface area (Å²) < 4.78 is 4.86. The van der Waals surface area contributed by atoms with Crippen molar-refractivity contribution in [1.29, 1.82) is 0 Å². The lowest BCUT2D eigenvalue weighted by Crippen LogP contribution is -2.22. The van der Waals surface area contributed by atoms with Crippen molar-refractivity contribution in [3.05, 3.63) is 16.4 Å². The van der Waals surface area contributed by atoms with E-state index in [1.807, 2.05) is 0 Å². The van der Waals surface area contributed by atoms with E-state index in [1.165, 1.54) is 6.33 Å². The Morgan fingerprint density at radius 3 is 2.67 bits per heavy atom. The lowest BCUT2D eigenvalue weighted by atomic mass is 10.4. The number of aromatic nitrogens is 2. The van der Waals surface area contributed by atoms with Gasteiger partial charge >= 0.3 is 5.69 Å². The van der Waals surface area contributed by atoms with Gasteiger partial charge in [0.2, 0.25) is 11.6 Å². The van der Waals surface area contributed by atoms with Crippen molar-refractivity contribution < 1.29 is 9.66 Å². The maximum Gasteiger partial charge on any atom is 0.354 e. The molecule has 0 amide bonds. The minimum absolute atomic E-state index is 0.139. The molecule has 1 aromatic rings. The molecule has 0 saturated heterocycles. The number of methoxy groups -OCH3 is 1. The Labute approximate surface area is 104 Å². The minimum atomic E-state index is -0.527. The number of nitrogens with one attached hydrogen (secondary N) is 2. The zero-order valence-electron chi connectivity index (χ0n) is 10.5. The van der Waals surface area contributed by atoms with E-state index in [9.17, 15) is 10.1 Å². The largest absolute Gasteiger partial charge is 0.383 e. The van der Waals surface area contributed by atoms with Crippen LogP contribution in [0.4, 0.5) is 17.3 Å². The number of nitrogens with zero attached hydrogens (tertiary/aromatic N) is 4. The molecule has 0 bridgehead atoms.